The van der Waals surface area contributed by atoms with Crippen molar-refractivity contribution in [3.05, 3.63) is 22.7 Å². The van der Waals surface area contributed by atoms with Gasteiger partial charge in [-0.2, -0.15) is 0 Å². The number of ether oxygens (including phenoxy) is 1. The lowest BCUT2D eigenvalue weighted by molar-refractivity contribution is 0.274. The van der Waals surface area contributed by atoms with Gasteiger partial charge >= 0.3 is 0 Å². The van der Waals surface area contributed by atoms with Gasteiger partial charge in [0.25, 0.3) is 0 Å². The molecule has 0 amide bonds. The molecule has 4 N–H and O–H groups in total. The summed E-state index contributed by atoms with van der Waals surface area (Å²) in [7, 11) is 1.57. The predicted octanol–water partition coefficient (Wildman–Crippen LogP) is 2.63. The molecule has 0 aliphatic carbocycles. The molecule has 0 saturated heterocycles. The Bertz CT molecular complexity index is 411. The fourth-order valence-corrected chi connectivity index (χ4v) is 2.23. The first-order valence-corrected chi connectivity index (χ1v) is 6.82. The number of benzene rings is 1. The minimum atomic E-state index is -0.101. The average Bonchev–Trinajstić information content (AvgIpc) is 2.36. The van der Waals surface area contributed by atoms with E-state index in [0.717, 1.165) is 12.1 Å². The number of rotatable bonds is 7. The number of hydrogen-bond donors (Lipinski definition) is 3. The third-order valence-corrected chi connectivity index (χ3v) is 3.18. The van der Waals surface area contributed by atoms with Crippen molar-refractivity contribution in [3.63, 3.8) is 0 Å². The smallest absolute Gasteiger partial charge is 0.126 e. The predicted molar refractivity (Wildman–Crippen MR) is 79.8 cm³/mol. The molecule has 0 aliphatic heterocycles. The fourth-order valence-electron chi connectivity index (χ4n) is 1.97. The van der Waals surface area contributed by atoms with Crippen LogP contribution in [0.2, 0.25) is 5.02 Å². The second-order valence-electron chi connectivity index (χ2n) is 5.07. The summed E-state index contributed by atoms with van der Waals surface area (Å²) in [6, 6.07) is 3.58. The SMILES string of the molecule is COc1cc(NCC(N)CC(C)C)c(Cl)cc1CO. The molecule has 1 unspecified atom stereocenters. The monoisotopic (exact) mass is 286 g/mol. The Morgan fingerprint density at radius 3 is 2.63 bits per heavy atom. The summed E-state index contributed by atoms with van der Waals surface area (Å²) in [5.41, 5.74) is 7.47. The van der Waals surface area contributed by atoms with Gasteiger partial charge in [-0.05, 0) is 18.4 Å². The van der Waals surface area contributed by atoms with Gasteiger partial charge in [-0.1, -0.05) is 25.4 Å². The number of aliphatic hydroxyl groups is 1. The molecule has 0 fully saturated rings. The van der Waals surface area contributed by atoms with E-state index < -0.39 is 0 Å². The highest BCUT2D eigenvalue weighted by Gasteiger charge is 2.10. The van der Waals surface area contributed by atoms with Crippen LogP contribution in [0.5, 0.6) is 5.75 Å². The summed E-state index contributed by atoms with van der Waals surface area (Å²) in [5.74, 6) is 1.19. The Morgan fingerprint density at radius 1 is 1.42 bits per heavy atom. The number of methoxy groups -OCH3 is 1. The number of halogens is 1. The average molecular weight is 287 g/mol. The molecule has 5 heteroatoms. The van der Waals surface area contributed by atoms with Gasteiger partial charge in [0.2, 0.25) is 0 Å². The maximum absolute atomic E-state index is 9.20. The molecule has 1 aromatic rings. The Balaban J connectivity index is 2.73. The molecule has 0 bridgehead atoms. The lowest BCUT2D eigenvalue weighted by Gasteiger charge is -2.17. The number of nitrogens with two attached hydrogens (primary N) is 1. The quantitative estimate of drug-likeness (QED) is 0.721. The van der Waals surface area contributed by atoms with E-state index >= 15 is 0 Å². The van der Waals surface area contributed by atoms with E-state index in [-0.39, 0.29) is 12.6 Å². The van der Waals surface area contributed by atoms with Gasteiger partial charge in [-0.3, -0.25) is 0 Å². The molecule has 0 aromatic heterocycles. The summed E-state index contributed by atoms with van der Waals surface area (Å²) in [6.07, 6.45) is 0.955. The molecule has 1 atom stereocenters. The lowest BCUT2D eigenvalue weighted by Crippen LogP contribution is -2.30. The standard InChI is InChI=1S/C14H23ClN2O2/c1-9(2)4-11(16)7-17-13-6-14(19-3)10(8-18)5-12(13)15/h5-6,9,11,17-18H,4,7-8,16H2,1-3H3. The van der Waals surface area contributed by atoms with Crippen LogP contribution in [0, 0.1) is 5.92 Å². The summed E-state index contributed by atoms with van der Waals surface area (Å²) < 4.78 is 5.21. The second kappa shape index (κ2) is 7.58. The van der Waals surface area contributed by atoms with E-state index in [9.17, 15) is 5.11 Å². The molecule has 0 saturated carbocycles. The van der Waals surface area contributed by atoms with Crippen molar-refractivity contribution < 1.29 is 9.84 Å². The largest absolute Gasteiger partial charge is 0.496 e. The van der Waals surface area contributed by atoms with Crippen molar-refractivity contribution in [1.29, 1.82) is 0 Å². The molecule has 0 spiro atoms. The lowest BCUT2D eigenvalue weighted by atomic mass is 10.0. The zero-order chi connectivity index (χ0) is 14.4. The molecule has 1 rings (SSSR count). The molecule has 4 nitrogen and oxygen atoms in total. The van der Waals surface area contributed by atoms with Gasteiger partial charge in [0.15, 0.2) is 0 Å². The molecule has 0 heterocycles. The topological polar surface area (TPSA) is 67.5 Å². The van der Waals surface area contributed by atoms with Crippen LogP contribution in [0.25, 0.3) is 0 Å². The second-order valence-corrected chi connectivity index (χ2v) is 5.48. The van der Waals surface area contributed by atoms with Crippen LogP contribution < -0.4 is 15.8 Å². The van der Waals surface area contributed by atoms with Gasteiger partial charge in [0, 0.05) is 24.2 Å². The van der Waals surface area contributed by atoms with Gasteiger partial charge < -0.3 is 20.9 Å². The summed E-state index contributed by atoms with van der Waals surface area (Å²) in [5, 5.41) is 13.0. The number of hydrogen-bond acceptors (Lipinski definition) is 4. The van der Waals surface area contributed by atoms with E-state index in [1.807, 2.05) is 0 Å². The highest BCUT2D eigenvalue weighted by Crippen LogP contribution is 2.31. The molecular formula is C14H23ClN2O2. The number of aliphatic hydroxyl groups excluding tert-OH is 1. The van der Waals surface area contributed by atoms with E-state index in [0.29, 0.717) is 28.8 Å². The van der Waals surface area contributed by atoms with Crippen molar-refractivity contribution in [2.75, 3.05) is 19.0 Å². The van der Waals surface area contributed by atoms with Crippen LogP contribution in [-0.4, -0.2) is 24.8 Å². The Labute approximate surface area is 119 Å². The third-order valence-electron chi connectivity index (χ3n) is 2.87. The fraction of sp³-hybridized carbons (Fsp3) is 0.571. The molecule has 19 heavy (non-hydrogen) atoms. The Kier molecular flexibility index (Phi) is 6.42. The van der Waals surface area contributed by atoms with Gasteiger partial charge in [0.05, 0.1) is 24.4 Å². The minimum absolute atomic E-state index is 0.0829. The molecule has 0 radical (unpaired) electrons. The summed E-state index contributed by atoms with van der Waals surface area (Å²) in [4.78, 5) is 0. The van der Waals surface area contributed by atoms with E-state index in [1.54, 1.807) is 19.2 Å². The van der Waals surface area contributed by atoms with E-state index in [2.05, 4.69) is 19.2 Å². The maximum atomic E-state index is 9.20. The van der Waals surface area contributed by atoms with Crippen molar-refractivity contribution in [2.24, 2.45) is 11.7 Å². The van der Waals surface area contributed by atoms with Gasteiger partial charge in [-0.15, -0.1) is 0 Å². The normalized spacial score (nSPS) is 12.6. The molecule has 0 aliphatic rings. The number of nitrogens with one attached hydrogen (secondary N) is 1. The first kappa shape index (κ1) is 16.1. The minimum Gasteiger partial charge on any atom is -0.496 e. The highest BCUT2D eigenvalue weighted by atomic mass is 35.5. The van der Waals surface area contributed by atoms with Crippen molar-refractivity contribution in [3.8, 4) is 5.75 Å². The third kappa shape index (κ3) is 4.90. The van der Waals surface area contributed by atoms with Gasteiger partial charge in [0.1, 0.15) is 5.75 Å². The van der Waals surface area contributed by atoms with Crippen LogP contribution >= 0.6 is 11.6 Å². The molecule has 108 valence electrons. The van der Waals surface area contributed by atoms with E-state index in [1.165, 1.54) is 0 Å². The zero-order valence-electron chi connectivity index (χ0n) is 11.7. The zero-order valence-corrected chi connectivity index (χ0v) is 12.5. The first-order valence-electron chi connectivity index (χ1n) is 6.44. The van der Waals surface area contributed by atoms with Crippen LogP contribution in [0.4, 0.5) is 5.69 Å². The number of anilines is 1. The molecule has 1 aromatic carbocycles. The molecular weight excluding hydrogens is 264 g/mol. The van der Waals surface area contributed by atoms with Gasteiger partial charge in [-0.25, -0.2) is 0 Å². The van der Waals surface area contributed by atoms with Crippen LogP contribution in [0.3, 0.4) is 0 Å². The van der Waals surface area contributed by atoms with Crippen LogP contribution in [0.15, 0.2) is 12.1 Å². The first-order chi connectivity index (χ1) is 8.97. The Morgan fingerprint density at radius 2 is 2.11 bits per heavy atom. The summed E-state index contributed by atoms with van der Waals surface area (Å²) in [6.45, 7) is 4.84. The van der Waals surface area contributed by atoms with Crippen molar-refractivity contribution in [1.82, 2.24) is 0 Å². The highest BCUT2D eigenvalue weighted by molar-refractivity contribution is 6.33. The maximum Gasteiger partial charge on any atom is 0.126 e. The van der Waals surface area contributed by atoms with Crippen molar-refractivity contribution in [2.45, 2.75) is 32.9 Å². The van der Waals surface area contributed by atoms with Crippen LogP contribution in [0.1, 0.15) is 25.8 Å². The Hall–Kier alpha value is -0.970. The van der Waals surface area contributed by atoms with Crippen LogP contribution in [-0.2, 0) is 6.61 Å². The summed E-state index contributed by atoms with van der Waals surface area (Å²) >= 11 is 6.16. The van der Waals surface area contributed by atoms with E-state index in [4.69, 9.17) is 22.1 Å². The van der Waals surface area contributed by atoms with Crippen molar-refractivity contribution >= 4 is 17.3 Å².